The lowest BCUT2D eigenvalue weighted by Gasteiger charge is -2.33. The molecule has 36 heavy (non-hydrogen) atoms. The lowest BCUT2D eigenvalue weighted by Crippen LogP contribution is -2.41. The van der Waals surface area contributed by atoms with Gasteiger partial charge in [0.2, 0.25) is 5.91 Å². The van der Waals surface area contributed by atoms with E-state index in [-0.39, 0.29) is 18.5 Å². The van der Waals surface area contributed by atoms with Crippen LogP contribution in [0, 0.1) is 12.8 Å². The van der Waals surface area contributed by atoms with E-state index in [4.69, 9.17) is 9.72 Å². The number of anilines is 1. The molecule has 1 saturated heterocycles. The van der Waals surface area contributed by atoms with Crippen molar-refractivity contribution in [3.63, 3.8) is 0 Å². The first-order valence-corrected chi connectivity index (χ1v) is 12.8. The van der Waals surface area contributed by atoms with Crippen LogP contribution in [-0.2, 0) is 35.5 Å². The second-order valence-corrected chi connectivity index (χ2v) is 9.92. The van der Waals surface area contributed by atoms with Gasteiger partial charge in [-0.2, -0.15) is 5.10 Å². The molecule has 3 aromatic rings. The first-order valence-electron chi connectivity index (χ1n) is 12.8. The molecule has 10 heteroatoms. The van der Waals surface area contributed by atoms with Gasteiger partial charge in [-0.05, 0) is 63.1 Å². The Bertz CT molecular complexity index is 1250. The fourth-order valence-electron chi connectivity index (χ4n) is 5.48. The van der Waals surface area contributed by atoms with Gasteiger partial charge in [0.05, 0.1) is 16.7 Å². The summed E-state index contributed by atoms with van der Waals surface area (Å²) in [5, 5.41) is 17.3. The second kappa shape index (κ2) is 10.3. The molecule has 2 aromatic heterocycles. The van der Waals surface area contributed by atoms with Crippen molar-refractivity contribution in [2.45, 2.75) is 65.1 Å². The minimum Gasteiger partial charge on any atom is -0.465 e. The van der Waals surface area contributed by atoms with Crippen LogP contribution in [0.5, 0.6) is 0 Å². The van der Waals surface area contributed by atoms with Gasteiger partial charge in [-0.1, -0.05) is 0 Å². The molecule has 2 aliphatic heterocycles. The highest BCUT2D eigenvalue weighted by Crippen LogP contribution is 2.38. The number of hydrogen-bond acceptors (Lipinski definition) is 5. The predicted octanol–water partition coefficient (Wildman–Crippen LogP) is 3.15. The SMILES string of the molecule is Cc1cc2c(c3nc(CCn4cccn4)n(CC(=O)NCC4CCOCC4)c13)CCC(C)N2C(=O)O. The van der Waals surface area contributed by atoms with Gasteiger partial charge in [-0.25, -0.2) is 9.78 Å². The maximum absolute atomic E-state index is 13.1. The fraction of sp³-hybridized carbons (Fsp3) is 0.538. The lowest BCUT2D eigenvalue weighted by molar-refractivity contribution is -0.122. The van der Waals surface area contributed by atoms with E-state index < -0.39 is 6.09 Å². The van der Waals surface area contributed by atoms with Crippen LogP contribution in [0.2, 0.25) is 0 Å². The number of carbonyl (C=O) groups is 2. The highest BCUT2D eigenvalue weighted by atomic mass is 16.5. The first-order chi connectivity index (χ1) is 17.4. The zero-order valence-electron chi connectivity index (χ0n) is 20.9. The Kier molecular flexibility index (Phi) is 6.95. The standard InChI is InChI=1S/C26H34N6O4/c1-17-14-21-20(5-4-18(2)32(21)26(34)35)24-25(17)31(22(29-24)6-11-30-10-3-9-28-30)16-23(33)27-15-19-7-12-36-13-8-19/h3,9-10,14,18-19H,4-8,11-13,15-16H2,1-2H3,(H,27,33)(H,34,35). The molecule has 1 aromatic carbocycles. The smallest absolute Gasteiger partial charge is 0.412 e. The van der Waals surface area contributed by atoms with Crippen LogP contribution in [0.15, 0.2) is 24.5 Å². The number of nitrogens with zero attached hydrogens (tertiary/aromatic N) is 5. The third kappa shape index (κ3) is 4.82. The Morgan fingerprint density at radius 3 is 2.78 bits per heavy atom. The van der Waals surface area contributed by atoms with Crippen molar-refractivity contribution < 1.29 is 19.4 Å². The van der Waals surface area contributed by atoms with Gasteiger partial charge in [0.15, 0.2) is 0 Å². The Morgan fingerprint density at radius 1 is 1.25 bits per heavy atom. The molecule has 2 N–H and O–H groups in total. The third-order valence-electron chi connectivity index (χ3n) is 7.44. The Labute approximate surface area is 210 Å². The summed E-state index contributed by atoms with van der Waals surface area (Å²) in [4.78, 5) is 31.6. The van der Waals surface area contributed by atoms with E-state index >= 15 is 0 Å². The average molecular weight is 495 g/mol. The summed E-state index contributed by atoms with van der Waals surface area (Å²) in [7, 11) is 0. The predicted molar refractivity (Wildman–Crippen MR) is 135 cm³/mol. The van der Waals surface area contributed by atoms with E-state index in [2.05, 4.69) is 10.4 Å². The van der Waals surface area contributed by atoms with Gasteiger partial charge in [-0.15, -0.1) is 0 Å². The summed E-state index contributed by atoms with van der Waals surface area (Å²) in [6.07, 6.45) is 6.73. The molecule has 1 fully saturated rings. The van der Waals surface area contributed by atoms with Gasteiger partial charge >= 0.3 is 6.09 Å². The highest BCUT2D eigenvalue weighted by Gasteiger charge is 2.31. The van der Waals surface area contributed by atoms with E-state index in [0.29, 0.717) is 31.1 Å². The summed E-state index contributed by atoms with van der Waals surface area (Å²) in [5.74, 6) is 1.21. The van der Waals surface area contributed by atoms with Crippen LogP contribution >= 0.6 is 0 Å². The number of ether oxygens (including phenoxy) is 1. The Balaban J connectivity index is 1.49. The zero-order valence-corrected chi connectivity index (χ0v) is 20.9. The van der Waals surface area contributed by atoms with Crippen molar-refractivity contribution in [2.24, 2.45) is 5.92 Å². The van der Waals surface area contributed by atoms with E-state index in [1.807, 2.05) is 41.4 Å². The molecule has 0 saturated carbocycles. The van der Waals surface area contributed by atoms with E-state index in [1.165, 1.54) is 4.90 Å². The molecule has 1 unspecified atom stereocenters. The molecule has 2 amide bonds. The normalized spacial score (nSPS) is 18.4. The molecule has 0 aliphatic carbocycles. The summed E-state index contributed by atoms with van der Waals surface area (Å²) in [5.41, 5.74) is 4.27. The average Bonchev–Trinajstić information content (AvgIpc) is 3.50. The Morgan fingerprint density at radius 2 is 2.06 bits per heavy atom. The van der Waals surface area contributed by atoms with Gasteiger partial charge in [0.1, 0.15) is 12.4 Å². The number of carboxylic acid groups (broad SMARTS) is 1. The van der Waals surface area contributed by atoms with E-state index in [9.17, 15) is 14.7 Å². The number of benzene rings is 1. The second-order valence-electron chi connectivity index (χ2n) is 9.92. The van der Waals surface area contributed by atoms with Crippen LogP contribution in [0.3, 0.4) is 0 Å². The minimum atomic E-state index is -0.951. The van der Waals surface area contributed by atoms with Crippen molar-refractivity contribution in [2.75, 3.05) is 24.7 Å². The highest BCUT2D eigenvalue weighted by molar-refractivity contribution is 5.96. The number of fused-ring (bicyclic) bond motifs is 3. The number of aryl methyl sites for hydroxylation is 4. The van der Waals surface area contributed by atoms with Gasteiger partial charge in [0, 0.05) is 56.7 Å². The third-order valence-corrected chi connectivity index (χ3v) is 7.44. The molecule has 0 spiro atoms. The van der Waals surface area contributed by atoms with E-state index in [1.54, 1.807) is 6.20 Å². The van der Waals surface area contributed by atoms with Crippen molar-refractivity contribution in [3.05, 3.63) is 41.5 Å². The topological polar surface area (TPSA) is 115 Å². The minimum absolute atomic E-state index is 0.0426. The van der Waals surface area contributed by atoms with Crippen molar-refractivity contribution in [3.8, 4) is 0 Å². The molecule has 2 aliphatic rings. The van der Waals surface area contributed by atoms with Gasteiger partial charge in [-0.3, -0.25) is 14.4 Å². The summed E-state index contributed by atoms with van der Waals surface area (Å²) >= 11 is 0. The van der Waals surface area contributed by atoms with Gasteiger partial charge < -0.3 is 19.7 Å². The van der Waals surface area contributed by atoms with Crippen molar-refractivity contribution in [1.29, 1.82) is 0 Å². The summed E-state index contributed by atoms with van der Waals surface area (Å²) in [6, 6.07) is 3.73. The van der Waals surface area contributed by atoms with Crippen molar-refractivity contribution in [1.82, 2.24) is 24.6 Å². The number of nitrogens with one attached hydrogen (secondary N) is 1. The number of rotatable bonds is 7. The number of hydrogen-bond donors (Lipinski definition) is 2. The first kappa shape index (κ1) is 24.3. The monoisotopic (exact) mass is 494 g/mol. The van der Waals surface area contributed by atoms with Crippen LogP contribution in [0.4, 0.5) is 10.5 Å². The molecule has 1 atom stereocenters. The molecular weight excluding hydrogens is 460 g/mol. The largest absolute Gasteiger partial charge is 0.465 e. The summed E-state index contributed by atoms with van der Waals surface area (Å²) in [6.45, 7) is 6.87. The molecule has 10 nitrogen and oxygen atoms in total. The Hall–Kier alpha value is -3.40. The quantitative estimate of drug-likeness (QED) is 0.522. The molecule has 5 rings (SSSR count). The molecular formula is C26H34N6O4. The maximum Gasteiger partial charge on any atom is 0.412 e. The maximum atomic E-state index is 13.1. The summed E-state index contributed by atoms with van der Waals surface area (Å²) < 4.78 is 9.29. The van der Waals surface area contributed by atoms with Crippen LogP contribution < -0.4 is 10.2 Å². The molecule has 192 valence electrons. The molecule has 0 radical (unpaired) electrons. The fourth-order valence-corrected chi connectivity index (χ4v) is 5.48. The zero-order chi connectivity index (χ0) is 25.2. The van der Waals surface area contributed by atoms with E-state index in [0.717, 1.165) is 66.9 Å². The molecule has 4 heterocycles. The number of amides is 2. The molecule has 0 bridgehead atoms. The van der Waals surface area contributed by atoms with Crippen LogP contribution in [-0.4, -0.2) is 62.2 Å². The van der Waals surface area contributed by atoms with Crippen LogP contribution in [0.1, 0.15) is 43.1 Å². The number of imidazole rings is 1. The van der Waals surface area contributed by atoms with Crippen molar-refractivity contribution >= 4 is 28.7 Å². The lowest BCUT2D eigenvalue weighted by atomic mass is 9.94. The van der Waals surface area contributed by atoms with Gasteiger partial charge in [0.25, 0.3) is 0 Å². The van der Waals surface area contributed by atoms with Crippen LogP contribution in [0.25, 0.3) is 11.0 Å². The number of aromatic nitrogens is 4. The number of carbonyl (C=O) groups excluding carboxylic acids is 1.